The van der Waals surface area contributed by atoms with Gasteiger partial charge >= 0.3 is 5.69 Å². The lowest BCUT2D eigenvalue weighted by Gasteiger charge is -2.22. The summed E-state index contributed by atoms with van der Waals surface area (Å²) >= 11 is 0. The second-order valence-electron chi connectivity index (χ2n) is 8.64. The number of hydrogen-bond donors (Lipinski definition) is 1. The van der Waals surface area contributed by atoms with Crippen LogP contribution in [-0.2, 0) is 24.9 Å². The number of nitrogens with one attached hydrogen (secondary N) is 1. The molecule has 0 aliphatic heterocycles. The largest absolute Gasteiger partial charge is 0.372 e. The predicted molar refractivity (Wildman–Crippen MR) is 138 cm³/mol. The van der Waals surface area contributed by atoms with Crippen LogP contribution in [0, 0.1) is 12.7 Å². The molecule has 0 saturated heterocycles. The maximum absolute atomic E-state index is 13.4. The van der Waals surface area contributed by atoms with Crippen LogP contribution in [0.4, 0.5) is 15.8 Å². The van der Waals surface area contributed by atoms with Gasteiger partial charge in [-0.2, -0.15) is 5.10 Å². The van der Waals surface area contributed by atoms with E-state index >= 15 is 0 Å². The summed E-state index contributed by atoms with van der Waals surface area (Å²) in [6.45, 7) is 7.46. The van der Waals surface area contributed by atoms with Crippen LogP contribution in [0.15, 0.2) is 58.3 Å². The van der Waals surface area contributed by atoms with Crippen molar-refractivity contribution in [2.75, 3.05) is 23.3 Å². The van der Waals surface area contributed by atoms with E-state index in [-0.39, 0.29) is 24.1 Å². The number of halogens is 1. The summed E-state index contributed by atoms with van der Waals surface area (Å²) in [6.07, 6.45) is 1.54. The van der Waals surface area contributed by atoms with Crippen molar-refractivity contribution in [3.8, 4) is 0 Å². The maximum Gasteiger partial charge on any atom is 0.332 e. The lowest BCUT2D eigenvalue weighted by molar-refractivity contribution is -0.116. The number of aromatic nitrogens is 4. The molecule has 1 N–H and O–H groups in total. The smallest absolute Gasteiger partial charge is 0.332 e. The number of hydrogen-bond acceptors (Lipinski definition) is 5. The Balaban J connectivity index is 1.67. The molecular formula is C26H29FN6O3. The van der Waals surface area contributed by atoms with Crippen LogP contribution in [0.1, 0.15) is 25.0 Å². The van der Waals surface area contributed by atoms with Crippen molar-refractivity contribution in [1.29, 1.82) is 0 Å². The van der Waals surface area contributed by atoms with Gasteiger partial charge in [0.2, 0.25) is 5.91 Å². The molecule has 0 radical (unpaired) electrons. The SMILES string of the molecule is CCN(CC)c1ccc(NC(=O)Cn2c(=O)n(Cc3ccc(F)cc3)c(=O)c3nn(C)cc32)c(C)c1. The molecule has 188 valence electrons. The molecule has 2 aromatic heterocycles. The Morgan fingerprint density at radius 2 is 1.75 bits per heavy atom. The van der Waals surface area contributed by atoms with Crippen LogP contribution in [0.25, 0.3) is 11.0 Å². The second kappa shape index (κ2) is 10.2. The molecule has 0 saturated carbocycles. The number of aryl methyl sites for hydroxylation is 2. The number of amides is 1. The minimum absolute atomic E-state index is 0.0714. The van der Waals surface area contributed by atoms with Crippen LogP contribution >= 0.6 is 0 Å². The minimum atomic E-state index is -0.645. The fraction of sp³-hybridized carbons (Fsp3) is 0.308. The van der Waals surface area contributed by atoms with Gasteiger partial charge in [-0.05, 0) is 62.2 Å². The highest BCUT2D eigenvalue weighted by Gasteiger charge is 2.19. The summed E-state index contributed by atoms with van der Waals surface area (Å²) in [7, 11) is 1.64. The molecule has 36 heavy (non-hydrogen) atoms. The van der Waals surface area contributed by atoms with Gasteiger partial charge in [-0.1, -0.05) is 12.1 Å². The molecule has 0 aliphatic rings. The van der Waals surface area contributed by atoms with Crippen molar-refractivity contribution in [1.82, 2.24) is 18.9 Å². The summed E-state index contributed by atoms with van der Waals surface area (Å²) in [6, 6.07) is 11.3. The van der Waals surface area contributed by atoms with E-state index in [0.717, 1.165) is 28.9 Å². The normalized spacial score (nSPS) is 11.1. The highest BCUT2D eigenvalue weighted by atomic mass is 19.1. The first-order valence-electron chi connectivity index (χ1n) is 11.8. The van der Waals surface area contributed by atoms with Crippen molar-refractivity contribution >= 4 is 28.3 Å². The molecular weight excluding hydrogens is 463 g/mol. The van der Waals surface area contributed by atoms with E-state index in [4.69, 9.17) is 0 Å². The van der Waals surface area contributed by atoms with Gasteiger partial charge in [0, 0.05) is 37.7 Å². The zero-order chi connectivity index (χ0) is 26.0. The van der Waals surface area contributed by atoms with E-state index in [1.54, 1.807) is 7.05 Å². The summed E-state index contributed by atoms with van der Waals surface area (Å²) in [5, 5.41) is 7.08. The summed E-state index contributed by atoms with van der Waals surface area (Å²) in [4.78, 5) is 41.6. The zero-order valence-corrected chi connectivity index (χ0v) is 20.8. The molecule has 4 aromatic rings. The van der Waals surface area contributed by atoms with Crippen LogP contribution in [-0.4, -0.2) is 37.9 Å². The topological polar surface area (TPSA) is 94.2 Å². The lowest BCUT2D eigenvalue weighted by atomic mass is 10.1. The Labute approximate surface area is 207 Å². The van der Waals surface area contributed by atoms with E-state index in [2.05, 4.69) is 29.2 Å². The van der Waals surface area contributed by atoms with Gasteiger partial charge in [0.05, 0.1) is 12.1 Å². The molecule has 4 rings (SSSR count). The third kappa shape index (κ3) is 4.93. The summed E-state index contributed by atoms with van der Waals surface area (Å²) < 4.78 is 17.0. The predicted octanol–water partition coefficient (Wildman–Crippen LogP) is 2.88. The summed E-state index contributed by atoms with van der Waals surface area (Å²) in [5.74, 6) is -0.825. The maximum atomic E-state index is 13.4. The van der Waals surface area contributed by atoms with E-state index in [1.807, 2.05) is 25.1 Å². The molecule has 0 spiro atoms. The summed E-state index contributed by atoms with van der Waals surface area (Å²) in [5.41, 5.74) is 2.31. The molecule has 0 aliphatic carbocycles. The molecule has 0 fully saturated rings. The van der Waals surface area contributed by atoms with Crippen LogP contribution in [0.2, 0.25) is 0 Å². The highest BCUT2D eigenvalue weighted by molar-refractivity contribution is 5.92. The first-order chi connectivity index (χ1) is 17.2. The molecule has 2 heterocycles. The van der Waals surface area contributed by atoms with Crippen LogP contribution < -0.4 is 21.5 Å². The Morgan fingerprint density at radius 3 is 2.39 bits per heavy atom. The first-order valence-corrected chi connectivity index (χ1v) is 11.8. The van der Waals surface area contributed by atoms with E-state index in [9.17, 15) is 18.8 Å². The number of anilines is 2. The molecule has 1 amide bonds. The first kappa shape index (κ1) is 24.9. The van der Waals surface area contributed by atoms with Gasteiger partial charge in [-0.3, -0.25) is 23.4 Å². The molecule has 10 heteroatoms. The van der Waals surface area contributed by atoms with Crippen molar-refractivity contribution in [2.45, 2.75) is 33.9 Å². The van der Waals surface area contributed by atoms with Crippen molar-refractivity contribution in [3.05, 3.63) is 86.4 Å². The number of nitrogens with zero attached hydrogens (tertiary/aromatic N) is 5. The molecule has 0 unspecified atom stereocenters. The van der Waals surface area contributed by atoms with Crippen molar-refractivity contribution in [2.24, 2.45) is 7.05 Å². The number of rotatable bonds is 8. The third-order valence-electron chi connectivity index (χ3n) is 6.18. The molecule has 0 atom stereocenters. The monoisotopic (exact) mass is 492 g/mol. The Morgan fingerprint density at radius 1 is 1.06 bits per heavy atom. The molecule has 0 bridgehead atoms. The number of fused-ring (bicyclic) bond motifs is 1. The number of carbonyl (C=O) groups is 1. The van der Waals surface area contributed by atoms with E-state index < -0.39 is 23.0 Å². The minimum Gasteiger partial charge on any atom is -0.372 e. The zero-order valence-electron chi connectivity index (χ0n) is 20.8. The van der Waals surface area contributed by atoms with Crippen molar-refractivity contribution in [3.63, 3.8) is 0 Å². The van der Waals surface area contributed by atoms with Gasteiger partial charge in [-0.15, -0.1) is 0 Å². The number of benzene rings is 2. The van der Waals surface area contributed by atoms with Gasteiger partial charge < -0.3 is 10.2 Å². The van der Waals surface area contributed by atoms with Crippen LogP contribution in [0.5, 0.6) is 0 Å². The van der Waals surface area contributed by atoms with Gasteiger partial charge in [0.15, 0.2) is 5.52 Å². The van der Waals surface area contributed by atoms with Gasteiger partial charge in [-0.25, -0.2) is 9.18 Å². The Kier molecular flexibility index (Phi) is 7.05. The fourth-order valence-electron chi connectivity index (χ4n) is 4.26. The van der Waals surface area contributed by atoms with E-state index in [0.29, 0.717) is 11.3 Å². The fourth-order valence-corrected chi connectivity index (χ4v) is 4.26. The average molecular weight is 493 g/mol. The van der Waals surface area contributed by atoms with Gasteiger partial charge in [0.1, 0.15) is 12.4 Å². The Hall–Kier alpha value is -4.21. The lowest BCUT2D eigenvalue weighted by Crippen LogP contribution is -2.41. The molecule has 9 nitrogen and oxygen atoms in total. The highest BCUT2D eigenvalue weighted by Crippen LogP contribution is 2.22. The second-order valence-corrected chi connectivity index (χ2v) is 8.64. The standard InChI is InChI=1S/C26H29FN6O3/c1-5-31(6-2)20-11-12-21(17(3)13-20)28-23(34)16-32-22-15-30(4)29-24(22)25(35)33(26(32)36)14-18-7-9-19(27)10-8-18/h7-13,15H,5-6,14,16H2,1-4H3,(H,28,34). The van der Waals surface area contributed by atoms with E-state index in [1.165, 1.54) is 39.7 Å². The van der Waals surface area contributed by atoms with Crippen LogP contribution in [0.3, 0.4) is 0 Å². The quantitative estimate of drug-likeness (QED) is 0.408. The number of carbonyl (C=O) groups excluding carboxylic acids is 1. The van der Waals surface area contributed by atoms with Gasteiger partial charge in [0.25, 0.3) is 5.56 Å². The Bertz CT molecular complexity index is 1530. The van der Waals surface area contributed by atoms with Crippen molar-refractivity contribution < 1.29 is 9.18 Å². The third-order valence-corrected chi connectivity index (χ3v) is 6.18. The average Bonchev–Trinajstić information content (AvgIpc) is 3.25. The molecule has 2 aromatic carbocycles.